The summed E-state index contributed by atoms with van der Waals surface area (Å²) in [5, 5.41) is 2.78. The standard InChI is InChI=1S/C15H22N2O4/c1-12(18)17(10-11-20-2)9-8-15(19)16-13-4-6-14(21-3)7-5-13/h4-7H,8-11H2,1-3H3,(H,16,19). The SMILES string of the molecule is COCCN(CCC(=O)Nc1ccc(OC)cc1)C(C)=O. The van der Waals surface area contributed by atoms with E-state index in [4.69, 9.17) is 9.47 Å². The molecule has 0 atom stereocenters. The van der Waals surface area contributed by atoms with Crippen LogP contribution >= 0.6 is 0 Å². The molecule has 0 aliphatic heterocycles. The van der Waals surface area contributed by atoms with Gasteiger partial charge in [-0.25, -0.2) is 0 Å². The molecule has 1 aromatic carbocycles. The molecular weight excluding hydrogens is 272 g/mol. The van der Waals surface area contributed by atoms with Gasteiger partial charge in [-0.2, -0.15) is 0 Å². The molecule has 21 heavy (non-hydrogen) atoms. The van der Waals surface area contributed by atoms with Crippen LogP contribution in [0.25, 0.3) is 0 Å². The zero-order chi connectivity index (χ0) is 15.7. The molecule has 1 aromatic rings. The number of hydrogen-bond acceptors (Lipinski definition) is 4. The lowest BCUT2D eigenvalue weighted by Gasteiger charge is -2.20. The molecule has 0 aliphatic rings. The van der Waals surface area contributed by atoms with Crippen LogP contribution in [-0.2, 0) is 14.3 Å². The van der Waals surface area contributed by atoms with E-state index in [1.165, 1.54) is 6.92 Å². The van der Waals surface area contributed by atoms with Gasteiger partial charge in [-0.15, -0.1) is 0 Å². The van der Waals surface area contributed by atoms with Crippen LogP contribution in [0.2, 0.25) is 0 Å². The van der Waals surface area contributed by atoms with Crippen molar-refractivity contribution in [3.8, 4) is 5.75 Å². The molecule has 0 bridgehead atoms. The lowest BCUT2D eigenvalue weighted by atomic mass is 10.3. The van der Waals surface area contributed by atoms with E-state index in [2.05, 4.69) is 5.32 Å². The second kappa shape index (κ2) is 8.97. The summed E-state index contributed by atoms with van der Waals surface area (Å²) in [4.78, 5) is 24.9. The number of methoxy groups -OCH3 is 2. The summed E-state index contributed by atoms with van der Waals surface area (Å²) >= 11 is 0. The first-order valence-electron chi connectivity index (χ1n) is 6.75. The van der Waals surface area contributed by atoms with Crippen LogP contribution < -0.4 is 10.1 Å². The monoisotopic (exact) mass is 294 g/mol. The fraction of sp³-hybridized carbons (Fsp3) is 0.467. The van der Waals surface area contributed by atoms with E-state index >= 15 is 0 Å². The summed E-state index contributed by atoms with van der Waals surface area (Å²) in [7, 11) is 3.17. The average Bonchev–Trinajstić information content (AvgIpc) is 2.47. The molecule has 0 radical (unpaired) electrons. The Hall–Kier alpha value is -2.08. The summed E-state index contributed by atoms with van der Waals surface area (Å²) in [6.45, 7) is 2.80. The fourth-order valence-corrected chi connectivity index (χ4v) is 1.76. The Morgan fingerprint density at radius 2 is 1.81 bits per heavy atom. The molecule has 6 nitrogen and oxygen atoms in total. The highest BCUT2D eigenvalue weighted by Gasteiger charge is 2.11. The molecule has 0 aliphatic carbocycles. The molecule has 2 amide bonds. The number of amides is 2. The molecule has 0 unspecified atom stereocenters. The first-order chi connectivity index (χ1) is 10.1. The zero-order valence-corrected chi connectivity index (χ0v) is 12.7. The van der Waals surface area contributed by atoms with Crippen molar-refractivity contribution in [3.63, 3.8) is 0 Å². The number of anilines is 1. The van der Waals surface area contributed by atoms with Crippen molar-refractivity contribution in [2.75, 3.05) is 39.2 Å². The number of hydrogen-bond donors (Lipinski definition) is 1. The van der Waals surface area contributed by atoms with Crippen LogP contribution in [0.15, 0.2) is 24.3 Å². The predicted octanol–water partition coefficient (Wildman–Crippen LogP) is 1.52. The van der Waals surface area contributed by atoms with E-state index in [0.29, 0.717) is 25.4 Å². The first kappa shape index (κ1) is 17.0. The van der Waals surface area contributed by atoms with Gasteiger partial charge in [-0.3, -0.25) is 9.59 Å². The second-order valence-electron chi connectivity index (χ2n) is 4.53. The number of ether oxygens (including phenoxy) is 2. The first-order valence-corrected chi connectivity index (χ1v) is 6.75. The minimum atomic E-state index is -0.135. The Balaban J connectivity index is 2.42. The third kappa shape index (κ3) is 6.27. The molecule has 0 saturated heterocycles. The van der Waals surface area contributed by atoms with Gasteiger partial charge in [-0.05, 0) is 24.3 Å². The maximum atomic E-state index is 11.9. The fourth-order valence-electron chi connectivity index (χ4n) is 1.76. The van der Waals surface area contributed by atoms with Crippen LogP contribution in [0.1, 0.15) is 13.3 Å². The molecule has 1 N–H and O–H groups in total. The summed E-state index contributed by atoms with van der Waals surface area (Å²) in [5.41, 5.74) is 0.701. The van der Waals surface area contributed by atoms with E-state index in [-0.39, 0.29) is 18.2 Å². The molecule has 0 heterocycles. The quantitative estimate of drug-likeness (QED) is 0.789. The molecule has 1 rings (SSSR count). The molecule has 0 saturated carbocycles. The third-order valence-corrected chi connectivity index (χ3v) is 2.99. The average molecular weight is 294 g/mol. The van der Waals surface area contributed by atoms with Crippen molar-refractivity contribution in [3.05, 3.63) is 24.3 Å². The highest BCUT2D eigenvalue weighted by Crippen LogP contribution is 2.15. The van der Waals surface area contributed by atoms with Crippen molar-refractivity contribution >= 4 is 17.5 Å². The van der Waals surface area contributed by atoms with Gasteiger partial charge >= 0.3 is 0 Å². The van der Waals surface area contributed by atoms with Crippen LogP contribution in [0.4, 0.5) is 5.69 Å². The van der Waals surface area contributed by atoms with Gasteiger partial charge < -0.3 is 19.7 Å². The highest BCUT2D eigenvalue weighted by molar-refractivity contribution is 5.91. The van der Waals surface area contributed by atoms with Crippen molar-refractivity contribution in [1.82, 2.24) is 4.90 Å². The summed E-state index contributed by atoms with van der Waals surface area (Å²) in [5.74, 6) is 0.531. The van der Waals surface area contributed by atoms with Gasteiger partial charge in [0.05, 0.1) is 13.7 Å². The number of carbonyl (C=O) groups excluding carboxylic acids is 2. The highest BCUT2D eigenvalue weighted by atomic mass is 16.5. The summed E-state index contributed by atoms with van der Waals surface area (Å²) in [6, 6.07) is 7.08. The van der Waals surface area contributed by atoms with Crippen LogP contribution in [0.5, 0.6) is 5.75 Å². The summed E-state index contributed by atoms with van der Waals surface area (Å²) in [6.07, 6.45) is 0.245. The Morgan fingerprint density at radius 3 is 2.33 bits per heavy atom. The summed E-state index contributed by atoms with van der Waals surface area (Å²) < 4.78 is 9.99. The Bertz CT molecular complexity index is 459. The Kier molecular flexibility index (Phi) is 7.25. The molecule has 0 spiro atoms. The largest absolute Gasteiger partial charge is 0.497 e. The maximum absolute atomic E-state index is 11.9. The van der Waals surface area contributed by atoms with Gasteiger partial charge in [0, 0.05) is 39.2 Å². The lowest BCUT2D eigenvalue weighted by Crippen LogP contribution is -2.34. The normalized spacial score (nSPS) is 10.0. The van der Waals surface area contributed by atoms with E-state index in [1.54, 1.807) is 43.4 Å². The third-order valence-electron chi connectivity index (χ3n) is 2.99. The lowest BCUT2D eigenvalue weighted by molar-refractivity contribution is -0.130. The smallest absolute Gasteiger partial charge is 0.226 e. The van der Waals surface area contributed by atoms with Crippen molar-refractivity contribution < 1.29 is 19.1 Å². The molecule has 6 heteroatoms. The number of nitrogens with zero attached hydrogens (tertiary/aromatic N) is 1. The molecular formula is C15H22N2O4. The van der Waals surface area contributed by atoms with Gasteiger partial charge in [0.2, 0.25) is 11.8 Å². The van der Waals surface area contributed by atoms with Crippen molar-refractivity contribution in [1.29, 1.82) is 0 Å². The van der Waals surface area contributed by atoms with E-state index in [0.717, 1.165) is 5.75 Å². The zero-order valence-electron chi connectivity index (χ0n) is 12.7. The van der Waals surface area contributed by atoms with Gasteiger partial charge in [0.15, 0.2) is 0 Å². The predicted molar refractivity (Wildman–Crippen MR) is 80.4 cm³/mol. The maximum Gasteiger partial charge on any atom is 0.226 e. The van der Waals surface area contributed by atoms with Crippen molar-refractivity contribution in [2.45, 2.75) is 13.3 Å². The number of benzene rings is 1. The van der Waals surface area contributed by atoms with Crippen molar-refractivity contribution in [2.24, 2.45) is 0 Å². The minimum Gasteiger partial charge on any atom is -0.497 e. The number of carbonyl (C=O) groups is 2. The van der Waals surface area contributed by atoms with Gasteiger partial charge in [-0.1, -0.05) is 0 Å². The van der Waals surface area contributed by atoms with E-state index in [9.17, 15) is 9.59 Å². The van der Waals surface area contributed by atoms with Crippen LogP contribution in [0.3, 0.4) is 0 Å². The van der Waals surface area contributed by atoms with Gasteiger partial charge in [0.25, 0.3) is 0 Å². The molecule has 0 aromatic heterocycles. The molecule has 0 fully saturated rings. The minimum absolute atomic E-state index is 0.0655. The number of rotatable bonds is 8. The Labute approximate surface area is 125 Å². The topological polar surface area (TPSA) is 67.9 Å². The van der Waals surface area contributed by atoms with Gasteiger partial charge in [0.1, 0.15) is 5.75 Å². The number of nitrogens with one attached hydrogen (secondary N) is 1. The Morgan fingerprint density at radius 1 is 1.14 bits per heavy atom. The van der Waals surface area contributed by atoms with E-state index < -0.39 is 0 Å². The molecule has 116 valence electrons. The van der Waals surface area contributed by atoms with Crippen LogP contribution in [-0.4, -0.2) is 50.6 Å². The second-order valence-corrected chi connectivity index (χ2v) is 4.53. The van der Waals surface area contributed by atoms with Crippen LogP contribution in [0, 0.1) is 0 Å². The van der Waals surface area contributed by atoms with E-state index in [1.807, 2.05) is 0 Å².